The van der Waals surface area contributed by atoms with Gasteiger partial charge in [0.15, 0.2) is 5.69 Å². The van der Waals surface area contributed by atoms with Crippen LogP contribution < -0.4 is 9.62 Å². The number of alkyl halides is 3. The molecule has 0 unspecified atom stereocenters. The molecule has 3 aromatic rings. The van der Waals surface area contributed by atoms with Gasteiger partial charge in [0, 0.05) is 29.5 Å². The monoisotopic (exact) mass is 405 g/mol. The Morgan fingerprint density at radius 3 is 2.54 bits per heavy atom. The number of aromatic nitrogens is 3. The van der Waals surface area contributed by atoms with Crippen molar-refractivity contribution in [3.63, 3.8) is 0 Å². The molecule has 1 aliphatic rings. The van der Waals surface area contributed by atoms with Gasteiger partial charge in [0.1, 0.15) is 0 Å². The Balaban J connectivity index is 1.55. The van der Waals surface area contributed by atoms with Crippen molar-refractivity contribution in [2.24, 2.45) is 0 Å². The second kappa shape index (κ2) is 7.19. The molecular formula is C18H14F3N5OS. The first-order valence-corrected chi connectivity index (χ1v) is 9.13. The number of hydrogen-bond donors (Lipinski definition) is 1. The lowest BCUT2D eigenvalue weighted by atomic mass is 10.1. The second-order valence-electron chi connectivity index (χ2n) is 6.02. The number of fused-ring (bicyclic) bond motifs is 1. The molecule has 2 aromatic heterocycles. The van der Waals surface area contributed by atoms with Gasteiger partial charge < -0.3 is 9.62 Å². The van der Waals surface area contributed by atoms with Crippen LogP contribution in [-0.4, -0.2) is 27.2 Å². The minimum Gasteiger partial charge on any atom is -0.322 e. The highest BCUT2D eigenvalue weighted by atomic mass is 32.2. The summed E-state index contributed by atoms with van der Waals surface area (Å²) in [6.07, 6.45) is 0.498. The van der Waals surface area contributed by atoms with Crippen molar-refractivity contribution in [2.75, 3.05) is 16.2 Å². The van der Waals surface area contributed by atoms with E-state index in [1.807, 2.05) is 6.07 Å². The van der Waals surface area contributed by atoms with E-state index in [2.05, 4.69) is 14.8 Å². The maximum atomic E-state index is 13.0. The number of hydrogen-bond acceptors (Lipinski definition) is 5. The molecule has 0 fully saturated rings. The van der Waals surface area contributed by atoms with E-state index in [1.54, 1.807) is 29.3 Å². The number of benzene rings is 1. The molecule has 28 heavy (non-hydrogen) atoms. The highest BCUT2D eigenvalue weighted by Crippen LogP contribution is 2.32. The summed E-state index contributed by atoms with van der Waals surface area (Å²) < 4.78 is 43.0. The molecule has 0 saturated carbocycles. The number of amides is 1. The quantitative estimate of drug-likeness (QED) is 0.663. The third-order valence-electron chi connectivity index (χ3n) is 4.24. The summed E-state index contributed by atoms with van der Waals surface area (Å²) in [5.74, 6) is -0.321. The Hall–Kier alpha value is -3.01. The predicted molar refractivity (Wildman–Crippen MR) is 99.1 cm³/mol. The number of pyridine rings is 1. The fourth-order valence-electron chi connectivity index (χ4n) is 2.88. The Labute approximate surface area is 162 Å². The van der Waals surface area contributed by atoms with Crippen LogP contribution in [-0.2, 0) is 12.7 Å². The van der Waals surface area contributed by atoms with E-state index in [9.17, 15) is 18.0 Å². The molecule has 1 amide bonds. The van der Waals surface area contributed by atoms with Crippen LogP contribution in [0.4, 0.5) is 24.5 Å². The van der Waals surface area contributed by atoms with Gasteiger partial charge >= 0.3 is 6.18 Å². The molecule has 1 aromatic carbocycles. The molecule has 0 atom stereocenters. The maximum absolute atomic E-state index is 13.0. The summed E-state index contributed by atoms with van der Waals surface area (Å²) in [5.41, 5.74) is 0.565. The van der Waals surface area contributed by atoms with E-state index >= 15 is 0 Å². The molecule has 10 heteroatoms. The van der Waals surface area contributed by atoms with Crippen molar-refractivity contribution < 1.29 is 18.0 Å². The number of nitrogens with one attached hydrogen (secondary N) is 1. The topological polar surface area (TPSA) is 63.1 Å². The number of rotatable bonds is 4. The zero-order valence-corrected chi connectivity index (χ0v) is 15.2. The molecule has 6 nitrogen and oxygen atoms in total. The first kappa shape index (κ1) is 18.4. The average molecular weight is 405 g/mol. The molecule has 3 heterocycles. The van der Waals surface area contributed by atoms with Crippen molar-refractivity contribution in [3.8, 4) is 0 Å². The summed E-state index contributed by atoms with van der Waals surface area (Å²) >= 11 is 1.29. The molecule has 0 bridgehead atoms. The van der Waals surface area contributed by atoms with E-state index in [4.69, 9.17) is 0 Å². The number of nitrogens with zero attached hydrogens (tertiary/aromatic N) is 4. The lowest BCUT2D eigenvalue weighted by Gasteiger charge is -2.28. The van der Waals surface area contributed by atoms with E-state index in [0.29, 0.717) is 30.2 Å². The SMILES string of the molecule is O=C1c2c(NSc3cccnc3)cnn2CCN1c1ccc(C(F)(F)F)cc1. The fraction of sp³-hybridized carbons (Fsp3) is 0.167. The predicted octanol–water partition coefficient (Wildman–Crippen LogP) is 4.08. The van der Waals surface area contributed by atoms with Crippen molar-refractivity contribution in [1.29, 1.82) is 0 Å². The van der Waals surface area contributed by atoms with Crippen LogP contribution in [0.25, 0.3) is 0 Å². The first-order valence-electron chi connectivity index (χ1n) is 8.31. The Bertz CT molecular complexity index is 989. The molecule has 0 saturated heterocycles. The van der Waals surface area contributed by atoms with E-state index in [0.717, 1.165) is 17.0 Å². The molecule has 1 N–H and O–H groups in total. The van der Waals surface area contributed by atoms with Gasteiger partial charge in [-0.3, -0.25) is 14.5 Å². The molecule has 0 spiro atoms. The van der Waals surface area contributed by atoms with E-state index in [1.165, 1.54) is 29.0 Å². The Morgan fingerprint density at radius 1 is 1.07 bits per heavy atom. The largest absolute Gasteiger partial charge is 0.416 e. The van der Waals surface area contributed by atoms with Gasteiger partial charge in [-0.2, -0.15) is 18.3 Å². The third kappa shape index (κ3) is 3.55. The van der Waals surface area contributed by atoms with Gasteiger partial charge in [-0.1, -0.05) is 0 Å². The summed E-state index contributed by atoms with van der Waals surface area (Å²) in [4.78, 5) is 19.3. The van der Waals surface area contributed by atoms with Crippen molar-refractivity contribution in [3.05, 3.63) is 66.2 Å². The third-order valence-corrected chi connectivity index (χ3v) is 5.04. The molecule has 0 radical (unpaired) electrons. The molecule has 4 rings (SSSR count). The van der Waals surface area contributed by atoms with Crippen LogP contribution in [0.15, 0.2) is 59.9 Å². The number of anilines is 2. The standard InChI is InChI=1S/C18H14F3N5OS/c19-18(20,21)12-3-5-13(6-4-12)25-8-9-26-16(17(25)27)15(11-23-26)24-28-14-2-1-7-22-10-14/h1-7,10-11,24H,8-9H2. The van der Waals surface area contributed by atoms with Crippen LogP contribution in [0.5, 0.6) is 0 Å². The molecule has 1 aliphatic heterocycles. The summed E-state index contributed by atoms with van der Waals surface area (Å²) in [5, 5.41) is 4.22. The van der Waals surface area contributed by atoms with Gasteiger partial charge in [-0.15, -0.1) is 0 Å². The van der Waals surface area contributed by atoms with Crippen molar-refractivity contribution in [2.45, 2.75) is 17.6 Å². The van der Waals surface area contributed by atoms with Crippen molar-refractivity contribution >= 4 is 29.2 Å². The smallest absolute Gasteiger partial charge is 0.322 e. The van der Waals surface area contributed by atoms with Crippen molar-refractivity contribution in [1.82, 2.24) is 14.8 Å². The number of carbonyl (C=O) groups is 1. The van der Waals surface area contributed by atoms with Gasteiger partial charge in [-0.05, 0) is 48.3 Å². The molecule has 0 aliphatic carbocycles. The first-order chi connectivity index (χ1) is 13.4. The highest BCUT2D eigenvalue weighted by Gasteiger charge is 2.32. The number of halogens is 3. The van der Waals surface area contributed by atoms with Crippen LogP contribution in [0.1, 0.15) is 16.1 Å². The minimum absolute atomic E-state index is 0.321. The van der Waals surface area contributed by atoms with Crippen LogP contribution >= 0.6 is 11.9 Å². The molecular weight excluding hydrogens is 391 g/mol. The van der Waals surface area contributed by atoms with E-state index in [-0.39, 0.29) is 5.91 Å². The minimum atomic E-state index is -4.41. The van der Waals surface area contributed by atoms with Gasteiger partial charge in [0.2, 0.25) is 0 Å². The van der Waals surface area contributed by atoms with E-state index < -0.39 is 11.7 Å². The lowest BCUT2D eigenvalue weighted by molar-refractivity contribution is -0.137. The van der Waals surface area contributed by atoms with Gasteiger partial charge in [0.05, 0.1) is 24.0 Å². The van der Waals surface area contributed by atoms with Gasteiger partial charge in [0.25, 0.3) is 5.91 Å². The Kier molecular flexibility index (Phi) is 4.71. The van der Waals surface area contributed by atoms with Crippen LogP contribution in [0, 0.1) is 0 Å². The highest BCUT2D eigenvalue weighted by molar-refractivity contribution is 8.00. The average Bonchev–Trinajstić information content (AvgIpc) is 3.11. The summed E-state index contributed by atoms with van der Waals surface area (Å²) in [6.45, 7) is 0.773. The fourth-order valence-corrected chi connectivity index (χ4v) is 3.51. The zero-order chi connectivity index (χ0) is 19.7. The van der Waals surface area contributed by atoms with Crippen LogP contribution in [0.3, 0.4) is 0 Å². The van der Waals surface area contributed by atoms with Crippen LogP contribution in [0.2, 0.25) is 0 Å². The zero-order valence-electron chi connectivity index (χ0n) is 14.3. The Morgan fingerprint density at radius 2 is 1.86 bits per heavy atom. The summed E-state index contributed by atoms with van der Waals surface area (Å²) in [6, 6.07) is 8.25. The normalized spacial score (nSPS) is 14.1. The lowest BCUT2D eigenvalue weighted by Crippen LogP contribution is -2.40. The summed E-state index contributed by atoms with van der Waals surface area (Å²) in [7, 11) is 0. The maximum Gasteiger partial charge on any atom is 0.416 e. The second-order valence-corrected chi connectivity index (χ2v) is 6.90. The van der Waals surface area contributed by atoms with Gasteiger partial charge in [-0.25, -0.2) is 0 Å². The molecule has 144 valence electrons. The number of carbonyl (C=O) groups excluding carboxylic acids is 1.